The second kappa shape index (κ2) is 6.05. The van der Waals surface area contributed by atoms with Crippen LogP contribution < -0.4 is 0 Å². The lowest BCUT2D eigenvalue weighted by atomic mass is 10.0. The maximum Gasteiger partial charge on any atom is 0.227 e. The van der Waals surface area contributed by atoms with E-state index in [1.807, 2.05) is 18.2 Å². The van der Waals surface area contributed by atoms with Crippen molar-refractivity contribution in [2.45, 2.75) is 51.6 Å². The average Bonchev–Trinajstić information content (AvgIpc) is 2.72. The van der Waals surface area contributed by atoms with Crippen LogP contribution in [0.4, 0.5) is 0 Å². The smallest absolute Gasteiger partial charge is 0.227 e. The molecule has 102 valence electrons. The maximum absolute atomic E-state index is 12.5. The molecule has 1 amide bonds. The van der Waals surface area contributed by atoms with Gasteiger partial charge in [0.1, 0.15) is 0 Å². The van der Waals surface area contributed by atoms with Crippen molar-refractivity contribution in [1.29, 1.82) is 0 Å². The van der Waals surface area contributed by atoms with Crippen LogP contribution in [0.25, 0.3) is 0 Å². The Morgan fingerprint density at radius 1 is 1.26 bits per heavy atom. The number of carbonyl (C=O) groups is 1. The zero-order chi connectivity index (χ0) is 13.8. The van der Waals surface area contributed by atoms with E-state index in [1.54, 1.807) is 0 Å². The molecule has 2 atom stereocenters. The van der Waals surface area contributed by atoms with Gasteiger partial charge in [0.05, 0.1) is 6.42 Å². The maximum atomic E-state index is 12.5. The van der Waals surface area contributed by atoms with E-state index >= 15 is 0 Å². The lowest BCUT2D eigenvalue weighted by Crippen LogP contribution is -2.39. The minimum Gasteiger partial charge on any atom is -0.337 e. The summed E-state index contributed by atoms with van der Waals surface area (Å²) in [5.41, 5.74) is 2.35. The van der Waals surface area contributed by atoms with Gasteiger partial charge >= 0.3 is 0 Å². The van der Waals surface area contributed by atoms with Gasteiger partial charge in [-0.2, -0.15) is 0 Å². The zero-order valence-electron chi connectivity index (χ0n) is 11.9. The summed E-state index contributed by atoms with van der Waals surface area (Å²) in [4.78, 5) is 14.6. The van der Waals surface area contributed by atoms with Gasteiger partial charge in [-0.15, -0.1) is 6.58 Å². The highest BCUT2D eigenvalue weighted by Gasteiger charge is 2.31. The lowest BCUT2D eigenvalue weighted by molar-refractivity contribution is -0.132. The fourth-order valence-electron chi connectivity index (χ4n) is 3.03. The Morgan fingerprint density at radius 2 is 1.84 bits per heavy atom. The summed E-state index contributed by atoms with van der Waals surface area (Å²) in [5, 5.41) is 0. The Morgan fingerprint density at radius 3 is 2.42 bits per heavy atom. The zero-order valence-corrected chi connectivity index (χ0v) is 11.9. The molecule has 2 nitrogen and oxygen atoms in total. The van der Waals surface area contributed by atoms with Crippen LogP contribution >= 0.6 is 0 Å². The number of nitrogens with zero attached hydrogens (tertiary/aromatic N) is 1. The first-order valence-electron chi connectivity index (χ1n) is 7.12. The highest BCUT2D eigenvalue weighted by molar-refractivity contribution is 5.80. The van der Waals surface area contributed by atoms with Gasteiger partial charge in [-0.3, -0.25) is 4.79 Å². The quantitative estimate of drug-likeness (QED) is 0.757. The summed E-state index contributed by atoms with van der Waals surface area (Å²) in [7, 11) is 0. The Balaban J connectivity index is 2.12. The molecule has 1 fully saturated rings. The van der Waals surface area contributed by atoms with Gasteiger partial charge in [0.15, 0.2) is 0 Å². The normalized spacial score (nSPS) is 22.5. The summed E-state index contributed by atoms with van der Waals surface area (Å²) in [5.74, 6) is 0.258. The predicted molar refractivity (Wildman–Crippen MR) is 79.1 cm³/mol. The van der Waals surface area contributed by atoms with Crippen LogP contribution in [0.3, 0.4) is 0 Å². The fourth-order valence-corrected chi connectivity index (χ4v) is 3.03. The Bertz CT molecular complexity index is 456. The third kappa shape index (κ3) is 3.06. The molecule has 0 aliphatic carbocycles. The van der Waals surface area contributed by atoms with Crippen molar-refractivity contribution in [3.05, 3.63) is 48.0 Å². The predicted octanol–water partition coefficient (Wildman–Crippen LogP) is 3.36. The van der Waals surface area contributed by atoms with E-state index in [-0.39, 0.29) is 5.91 Å². The molecule has 1 aromatic rings. The van der Waals surface area contributed by atoms with Crippen LogP contribution in [0.2, 0.25) is 0 Å². The highest BCUT2D eigenvalue weighted by Crippen LogP contribution is 2.24. The molecule has 1 aliphatic rings. The fraction of sp³-hybridized carbons (Fsp3) is 0.471. The van der Waals surface area contributed by atoms with Crippen molar-refractivity contribution >= 4 is 5.91 Å². The molecule has 19 heavy (non-hydrogen) atoms. The number of hydrogen-bond acceptors (Lipinski definition) is 1. The van der Waals surface area contributed by atoms with Crippen LogP contribution in [-0.4, -0.2) is 22.9 Å². The first kappa shape index (κ1) is 13.9. The van der Waals surface area contributed by atoms with E-state index in [0.717, 1.165) is 24.8 Å². The summed E-state index contributed by atoms with van der Waals surface area (Å²) < 4.78 is 0. The molecule has 0 spiro atoms. The van der Waals surface area contributed by atoms with Crippen molar-refractivity contribution in [3.63, 3.8) is 0 Å². The molecule has 1 aliphatic heterocycles. The first-order valence-corrected chi connectivity index (χ1v) is 7.12. The van der Waals surface area contributed by atoms with Crippen LogP contribution in [0.15, 0.2) is 36.9 Å². The largest absolute Gasteiger partial charge is 0.337 e. The van der Waals surface area contributed by atoms with Crippen molar-refractivity contribution in [3.8, 4) is 0 Å². The second-order valence-electron chi connectivity index (χ2n) is 5.51. The monoisotopic (exact) mass is 257 g/mol. The van der Waals surface area contributed by atoms with E-state index in [1.165, 1.54) is 5.56 Å². The molecule has 0 bridgehead atoms. The minimum absolute atomic E-state index is 0.258. The number of carbonyl (C=O) groups excluding carboxylic acids is 1. The van der Waals surface area contributed by atoms with Crippen LogP contribution in [0.1, 0.15) is 37.8 Å². The van der Waals surface area contributed by atoms with Crippen LogP contribution in [0, 0.1) is 0 Å². The van der Waals surface area contributed by atoms with Gasteiger partial charge in [-0.1, -0.05) is 30.3 Å². The topological polar surface area (TPSA) is 20.3 Å². The molecular formula is C17H23NO. The number of benzene rings is 1. The van der Waals surface area contributed by atoms with Gasteiger partial charge in [0, 0.05) is 12.1 Å². The van der Waals surface area contributed by atoms with Crippen molar-refractivity contribution < 1.29 is 4.79 Å². The number of hydrogen-bond donors (Lipinski definition) is 0. The molecule has 0 N–H and O–H groups in total. The van der Waals surface area contributed by atoms with Crippen molar-refractivity contribution in [2.75, 3.05) is 0 Å². The average molecular weight is 257 g/mol. The van der Waals surface area contributed by atoms with Crippen molar-refractivity contribution in [1.82, 2.24) is 4.90 Å². The molecular weight excluding hydrogens is 234 g/mol. The molecule has 2 heteroatoms. The summed E-state index contributed by atoms with van der Waals surface area (Å²) in [6.45, 7) is 8.08. The van der Waals surface area contributed by atoms with Crippen molar-refractivity contribution in [2.24, 2.45) is 0 Å². The molecule has 1 saturated heterocycles. The Labute approximate surface area is 116 Å². The summed E-state index contributed by atoms with van der Waals surface area (Å²) >= 11 is 0. The van der Waals surface area contributed by atoms with E-state index in [2.05, 4.69) is 37.5 Å². The summed E-state index contributed by atoms with van der Waals surface area (Å²) in [6.07, 6.45) is 5.49. The number of rotatable bonds is 4. The second-order valence-corrected chi connectivity index (χ2v) is 5.51. The third-order valence-electron chi connectivity index (χ3n) is 4.06. The Hall–Kier alpha value is -1.57. The van der Waals surface area contributed by atoms with Gasteiger partial charge in [0.2, 0.25) is 5.91 Å². The van der Waals surface area contributed by atoms with E-state index in [9.17, 15) is 4.79 Å². The molecule has 1 aromatic carbocycles. The number of likely N-dealkylation sites (tertiary alicyclic amines) is 1. The standard InChI is InChI=1S/C17H23NO/c1-4-7-15-8-5-6-9-16(15)12-17(19)18-13(2)10-11-14(18)3/h4-6,8-9,13-14H,1,7,10-12H2,2-3H3. The van der Waals surface area contributed by atoms with Gasteiger partial charge in [0.25, 0.3) is 0 Å². The van der Waals surface area contributed by atoms with E-state index in [0.29, 0.717) is 18.5 Å². The molecule has 2 rings (SSSR count). The van der Waals surface area contributed by atoms with Crippen LogP contribution in [0.5, 0.6) is 0 Å². The SMILES string of the molecule is C=CCc1ccccc1CC(=O)N1C(C)CCC1C. The number of allylic oxidation sites excluding steroid dienone is 1. The Kier molecular flexibility index (Phi) is 4.41. The molecule has 0 radical (unpaired) electrons. The molecule has 0 aromatic heterocycles. The first-order chi connectivity index (χ1) is 9.13. The lowest BCUT2D eigenvalue weighted by Gasteiger charge is -2.26. The van der Waals surface area contributed by atoms with E-state index in [4.69, 9.17) is 0 Å². The molecule has 0 saturated carbocycles. The van der Waals surface area contributed by atoms with Gasteiger partial charge in [-0.25, -0.2) is 0 Å². The summed E-state index contributed by atoms with van der Waals surface area (Å²) in [6, 6.07) is 8.94. The molecule has 1 heterocycles. The van der Waals surface area contributed by atoms with Gasteiger partial charge in [-0.05, 0) is 44.2 Å². The number of amides is 1. The van der Waals surface area contributed by atoms with Gasteiger partial charge < -0.3 is 4.90 Å². The third-order valence-corrected chi connectivity index (χ3v) is 4.06. The van der Waals surface area contributed by atoms with Crippen LogP contribution in [-0.2, 0) is 17.6 Å². The molecule has 2 unspecified atom stereocenters. The minimum atomic E-state index is 0.258. The highest BCUT2D eigenvalue weighted by atomic mass is 16.2. The van der Waals surface area contributed by atoms with E-state index < -0.39 is 0 Å².